The van der Waals surface area contributed by atoms with Crippen LogP contribution in [0.3, 0.4) is 0 Å². The number of rotatable bonds is 1. The summed E-state index contributed by atoms with van der Waals surface area (Å²) in [5.74, 6) is 0. The van der Waals surface area contributed by atoms with Crippen molar-refractivity contribution < 1.29 is 0 Å². The number of nitrogens with zero attached hydrogens (tertiary/aromatic N) is 1. The fourth-order valence-corrected chi connectivity index (χ4v) is 3.77. The zero-order valence-corrected chi connectivity index (χ0v) is 13.1. The van der Waals surface area contributed by atoms with Crippen LogP contribution in [0.2, 0.25) is 0 Å². The lowest BCUT2D eigenvalue weighted by Crippen LogP contribution is -2.46. The summed E-state index contributed by atoms with van der Waals surface area (Å²) < 4.78 is 0. The highest BCUT2D eigenvalue weighted by atomic mass is 32.1. The van der Waals surface area contributed by atoms with Gasteiger partial charge in [-0.3, -0.25) is 0 Å². The van der Waals surface area contributed by atoms with E-state index >= 15 is 0 Å². The predicted molar refractivity (Wildman–Crippen MR) is 86.5 cm³/mol. The molecule has 110 valence electrons. The Labute approximate surface area is 124 Å². The van der Waals surface area contributed by atoms with Crippen molar-refractivity contribution in [3.05, 3.63) is 0 Å². The second kappa shape index (κ2) is 8.78. The maximum atomic E-state index is 5.64. The molecular formula is C16H30N2S. The molecule has 0 atom stereocenters. The fourth-order valence-electron chi connectivity index (χ4n) is 3.43. The monoisotopic (exact) mass is 282 g/mol. The molecule has 1 N–H and O–H groups in total. The Bertz CT molecular complexity index is 257. The summed E-state index contributed by atoms with van der Waals surface area (Å²) in [7, 11) is 0. The molecule has 2 fully saturated rings. The van der Waals surface area contributed by atoms with Crippen molar-refractivity contribution in [3.63, 3.8) is 0 Å². The first-order valence-electron chi connectivity index (χ1n) is 8.42. The van der Waals surface area contributed by atoms with Gasteiger partial charge in [0, 0.05) is 19.1 Å². The molecule has 3 heteroatoms. The van der Waals surface area contributed by atoms with E-state index in [0.29, 0.717) is 6.04 Å². The van der Waals surface area contributed by atoms with Crippen LogP contribution >= 0.6 is 12.2 Å². The van der Waals surface area contributed by atoms with Gasteiger partial charge in [0.25, 0.3) is 0 Å². The topological polar surface area (TPSA) is 15.3 Å². The van der Waals surface area contributed by atoms with E-state index in [1.54, 1.807) is 0 Å². The molecule has 0 unspecified atom stereocenters. The van der Waals surface area contributed by atoms with Crippen LogP contribution in [0.4, 0.5) is 0 Å². The summed E-state index contributed by atoms with van der Waals surface area (Å²) in [4.78, 5) is 2.53. The summed E-state index contributed by atoms with van der Waals surface area (Å²) in [5, 5.41) is 4.51. The van der Waals surface area contributed by atoms with Crippen LogP contribution in [0.1, 0.15) is 77.0 Å². The molecule has 1 saturated carbocycles. The van der Waals surface area contributed by atoms with Gasteiger partial charge >= 0.3 is 0 Å². The number of hydrogen-bond acceptors (Lipinski definition) is 1. The van der Waals surface area contributed by atoms with Crippen molar-refractivity contribution in [3.8, 4) is 0 Å². The van der Waals surface area contributed by atoms with Crippen LogP contribution < -0.4 is 5.32 Å². The van der Waals surface area contributed by atoms with Crippen LogP contribution in [0.25, 0.3) is 0 Å². The Balaban J connectivity index is 1.94. The lowest BCUT2D eigenvalue weighted by atomic mass is 10.0. The first-order chi connectivity index (χ1) is 9.38. The van der Waals surface area contributed by atoms with E-state index in [2.05, 4.69) is 10.2 Å². The third-order valence-electron chi connectivity index (χ3n) is 4.63. The minimum Gasteiger partial charge on any atom is -0.363 e. The summed E-state index contributed by atoms with van der Waals surface area (Å²) in [6.45, 7) is 2.25. The fraction of sp³-hybridized carbons (Fsp3) is 0.938. The van der Waals surface area contributed by atoms with Gasteiger partial charge in [0.2, 0.25) is 0 Å². The molecule has 1 aliphatic heterocycles. The quantitative estimate of drug-likeness (QED) is 0.724. The highest BCUT2D eigenvalue weighted by molar-refractivity contribution is 7.80. The Morgan fingerprint density at radius 1 is 0.789 bits per heavy atom. The molecule has 0 amide bonds. The zero-order chi connectivity index (χ0) is 13.3. The minimum absolute atomic E-state index is 0.705. The van der Waals surface area contributed by atoms with Crippen molar-refractivity contribution in [1.29, 1.82) is 0 Å². The van der Waals surface area contributed by atoms with Crippen LogP contribution in [0.5, 0.6) is 0 Å². The van der Waals surface area contributed by atoms with E-state index in [9.17, 15) is 0 Å². The highest BCUT2D eigenvalue weighted by Crippen LogP contribution is 2.22. The molecule has 0 aromatic carbocycles. The molecule has 1 saturated heterocycles. The average molecular weight is 282 g/mol. The Kier molecular flexibility index (Phi) is 6.97. The summed E-state index contributed by atoms with van der Waals surface area (Å²) >= 11 is 5.64. The molecule has 2 aliphatic rings. The maximum Gasteiger partial charge on any atom is 0.169 e. The van der Waals surface area contributed by atoms with Crippen molar-refractivity contribution >= 4 is 17.3 Å². The zero-order valence-electron chi connectivity index (χ0n) is 12.3. The predicted octanol–water partition coefficient (Wildman–Crippen LogP) is 4.24. The number of hydrogen-bond donors (Lipinski definition) is 1. The Hall–Kier alpha value is -0.310. The van der Waals surface area contributed by atoms with Crippen LogP contribution in [0.15, 0.2) is 0 Å². The van der Waals surface area contributed by atoms with Crippen molar-refractivity contribution in [2.24, 2.45) is 0 Å². The van der Waals surface area contributed by atoms with Gasteiger partial charge in [-0.05, 0) is 37.9 Å². The Morgan fingerprint density at radius 3 is 2.11 bits per heavy atom. The third-order valence-corrected chi connectivity index (χ3v) is 5.01. The van der Waals surface area contributed by atoms with E-state index in [-0.39, 0.29) is 0 Å². The molecule has 1 aliphatic carbocycles. The highest BCUT2D eigenvalue weighted by Gasteiger charge is 2.21. The number of nitrogens with one attached hydrogen (secondary N) is 1. The smallest absolute Gasteiger partial charge is 0.169 e. The van der Waals surface area contributed by atoms with Gasteiger partial charge in [0.05, 0.1) is 0 Å². The normalized spacial score (nSPS) is 25.3. The van der Waals surface area contributed by atoms with E-state index < -0.39 is 0 Å². The van der Waals surface area contributed by atoms with E-state index in [0.717, 1.165) is 11.7 Å². The molecule has 0 bridgehead atoms. The van der Waals surface area contributed by atoms with E-state index in [4.69, 9.17) is 12.2 Å². The molecule has 2 rings (SSSR count). The summed E-state index contributed by atoms with van der Waals surface area (Å²) in [5.41, 5.74) is 0. The average Bonchev–Trinajstić information content (AvgIpc) is 2.60. The minimum atomic E-state index is 0.705. The molecular weight excluding hydrogens is 252 g/mol. The third kappa shape index (κ3) is 5.29. The second-order valence-corrected chi connectivity index (χ2v) is 6.58. The number of thiocarbonyl (C=S) groups is 1. The van der Waals surface area contributed by atoms with Gasteiger partial charge < -0.3 is 10.2 Å². The molecule has 0 aromatic heterocycles. The van der Waals surface area contributed by atoms with E-state index in [1.807, 2.05) is 0 Å². The van der Waals surface area contributed by atoms with Crippen LogP contribution in [-0.4, -0.2) is 29.1 Å². The first-order valence-corrected chi connectivity index (χ1v) is 8.83. The lowest BCUT2D eigenvalue weighted by Gasteiger charge is -2.34. The first kappa shape index (κ1) is 15.1. The molecule has 2 nitrogen and oxygen atoms in total. The van der Waals surface area contributed by atoms with Gasteiger partial charge in [0.15, 0.2) is 5.11 Å². The van der Waals surface area contributed by atoms with Gasteiger partial charge in [-0.2, -0.15) is 0 Å². The van der Waals surface area contributed by atoms with Gasteiger partial charge in [-0.1, -0.05) is 51.4 Å². The molecule has 19 heavy (non-hydrogen) atoms. The van der Waals surface area contributed by atoms with Crippen molar-refractivity contribution in [1.82, 2.24) is 10.2 Å². The van der Waals surface area contributed by atoms with Gasteiger partial charge in [-0.25, -0.2) is 0 Å². The van der Waals surface area contributed by atoms with Gasteiger partial charge in [0.1, 0.15) is 0 Å². The van der Waals surface area contributed by atoms with Crippen LogP contribution in [0, 0.1) is 0 Å². The molecule has 0 radical (unpaired) electrons. The lowest BCUT2D eigenvalue weighted by molar-refractivity contribution is 0.267. The Morgan fingerprint density at radius 2 is 1.37 bits per heavy atom. The van der Waals surface area contributed by atoms with Crippen molar-refractivity contribution in [2.45, 2.75) is 83.1 Å². The standard InChI is InChI=1S/C16H30N2S/c19-16-17-13-9-5-6-10-14-18(16)15-11-7-3-1-2-4-8-12-15/h15H,1-14H2,(H,17,19). The SMILES string of the molecule is S=C1NCCCCCCN1C1CCCCCCCC1. The molecule has 0 spiro atoms. The summed E-state index contributed by atoms with van der Waals surface area (Å²) in [6, 6.07) is 0.705. The van der Waals surface area contributed by atoms with Gasteiger partial charge in [-0.15, -0.1) is 0 Å². The molecule has 1 heterocycles. The largest absolute Gasteiger partial charge is 0.363 e. The van der Waals surface area contributed by atoms with E-state index in [1.165, 1.54) is 83.6 Å². The molecule has 0 aromatic rings. The van der Waals surface area contributed by atoms with Crippen LogP contribution in [-0.2, 0) is 0 Å². The second-order valence-electron chi connectivity index (χ2n) is 6.19. The summed E-state index contributed by atoms with van der Waals surface area (Å²) in [6.07, 6.45) is 16.5. The van der Waals surface area contributed by atoms with Crippen molar-refractivity contribution in [2.75, 3.05) is 13.1 Å². The maximum absolute atomic E-state index is 5.64.